The molecule has 0 saturated heterocycles. The molecule has 0 fully saturated rings. The highest BCUT2D eigenvalue weighted by molar-refractivity contribution is 14.1. The van der Waals surface area contributed by atoms with Gasteiger partial charge < -0.3 is 15.4 Å². The Morgan fingerprint density at radius 3 is 2.65 bits per heavy atom. The number of allylic oxidation sites excluding steroid dienone is 1. The van der Waals surface area contributed by atoms with Gasteiger partial charge in [-0.25, -0.2) is 4.79 Å². The topological polar surface area (TPSA) is 50.4 Å². The van der Waals surface area contributed by atoms with E-state index in [9.17, 15) is 4.79 Å². The van der Waals surface area contributed by atoms with Gasteiger partial charge >= 0.3 is 5.97 Å². The Labute approximate surface area is 137 Å². The summed E-state index contributed by atoms with van der Waals surface area (Å²) in [5, 5.41) is 6.62. The molecular weight excluding hydrogens is 387 g/mol. The summed E-state index contributed by atoms with van der Waals surface area (Å²) in [5.74, 6) is -0.323. The smallest absolute Gasteiger partial charge is 0.338 e. The van der Waals surface area contributed by atoms with E-state index >= 15 is 0 Å². The lowest BCUT2D eigenvalue weighted by Gasteiger charge is -2.29. The van der Waals surface area contributed by atoms with Crippen molar-refractivity contribution in [2.45, 2.75) is 19.9 Å². The number of ether oxygens (including phenoxy) is 1. The number of benzene rings is 1. The molecule has 1 aliphatic rings. The molecule has 0 saturated carbocycles. The summed E-state index contributed by atoms with van der Waals surface area (Å²) in [6, 6.07) is 7.70. The summed E-state index contributed by atoms with van der Waals surface area (Å²) in [5.41, 5.74) is 2.29. The molecule has 0 spiro atoms. The van der Waals surface area contributed by atoms with Crippen molar-refractivity contribution in [3.8, 4) is 0 Å². The first-order valence-electron chi connectivity index (χ1n) is 6.23. The molecule has 6 heteroatoms. The van der Waals surface area contributed by atoms with E-state index in [1.165, 1.54) is 0 Å². The molecule has 2 rings (SSSR count). The van der Waals surface area contributed by atoms with Gasteiger partial charge in [0.2, 0.25) is 0 Å². The normalized spacial score (nSPS) is 18.4. The lowest BCUT2D eigenvalue weighted by atomic mass is 9.96. The molecule has 20 heavy (non-hydrogen) atoms. The molecule has 1 aromatic rings. The number of hydrogen-bond donors (Lipinski definition) is 2. The van der Waals surface area contributed by atoms with Crippen molar-refractivity contribution in [3.05, 3.63) is 44.7 Å². The Morgan fingerprint density at radius 1 is 1.40 bits per heavy atom. The first-order chi connectivity index (χ1) is 9.52. The summed E-state index contributed by atoms with van der Waals surface area (Å²) >= 11 is 7.43. The number of carbonyl (C=O) groups is 1. The van der Waals surface area contributed by atoms with Gasteiger partial charge in [-0.3, -0.25) is 0 Å². The average Bonchev–Trinajstić information content (AvgIpc) is 2.38. The van der Waals surface area contributed by atoms with Crippen molar-refractivity contribution in [1.82, 2.24) is 10.6 Å². The maximum Gasteiger partial charge on any atom is 0.338 e. The van der Waals surface area contributed by atoms with Gasteiger partial charge in [0.1, 0.15) is 0 Å². The largest absolute Gasteiger partial charge is 0.463 e. The molecule has 0 amide bonds. The van der Waals surface area contributed by atoms with E-state index in [0.717, 1.165) is 14.8 Å². The number of halogens is 1. The van der Waals surface area contributed by atoms with Crippen LogP contribution in [0.5, 0.6) is 0 Å². The molecule has 1 heterocycles. The first-order valence-corrected chi connectivity index (χ1v) is 7.72. The van der Waals surface area contributed by atoms with Crippen molar-refractivity contribution >= 4 is 45.9 Å². The van der Waals surface area contributed by atoms with Gasteiger partial charge in [-0.2, -0.15) is 0 Å². The van der Waals surface area contributed by atoms with Crippen LogP contribution in [0.3, 0.4) is 0 Å². The highest BCUT2D eigenvalue weighted by atomic mass is 127. The average molecular weight is 402 g/mol. The lowest BCUT2D eigenvalue weighted by molar-refractivity contribution is -0.139. The van der Waals surface area contributed by atoms with Crippen LogP contribution < -0.4 is 10.6 Å². The highest BCUT2D eigenvalue weighted by Crippen LogP contribution is 2.27. The minimum Gasteiger partial charge on any atom is -0.463 e. The third kappa shape index (κ3) is 3.29. The maximum absolute atomic E-state index is 12.2. The lowest BCUT2D eigenvalue weighted by Crippen LogP contribution is -2.45. The molecule has 0 radical (unpaired) electrons. The summed E-state index contributed by atoms with van der Waals surface area (Å²) in [7, 11) is 0. The molecule has 0 aliphatic carbocycles. The van der Waals surface area contributed by atoms with E-state index in [2.05, 4.69) is 33.2 Å². The third-order valence-corrected chi connectivity index (χ3v) is 3.91. The molecule has 0 aromatic heterocycles. The fraction of sp³-hybridized carbons (Fsp3) is 0.286. The van der Waals surface area contributed by atoms with Crippen LogP contribution in [0.1, 0.15) is 25.5 Å². The zero-order valence-corrected chi connectivity index (χ0v) is 14.2. The molecule has 1 aliphatic heterocycles. The number of thiocarbonyl (C=S) groups is 1. The molecule has 1 aromatic carbocycles. The van der Waals surface area contributed by atoms with Crippen LogP contribution in [-0.2, 0) is 9.53 Å². The van der Waals surface area contributed by atoms with E-state index in [-0.39, 0.29) is 12.0 Å². The van der Waals surface area contributed by atoms with Gasteiger partial charge in [0.05, 0.1) is 18.2 Å². The van der Waals surface area contributed by atoms with Crippen LogP contribution in [0.15, 0.2) is 35.5 Å². The molecule has 2 N–H and O–H groups in total. The monoisotopic (exact) mass is 402 g/mol. The van der Waals surface area contributed by atoms with E-state index in [4.69, 9.17) is 17.0 Å². The number of nitrogens with one attached hydrogen (secondary N) is 2. The zero-order valence-electron chi connectivity index (χ0n) is 11.2. The van der Waals surface area contributed by atoms with E-state index in [0.29, 0.717) is 17.3 Å². The second kappa shape index (κ2) is 6.53. The van der Waals surface area contributed by atoms with Gasteiger partial charge in [-0.1, -0.05) is 12.1 Å². The van der Waals surface area contributed by atoms with Gasteiger partial charge in [-0.05, 0) is 66.4 Å². The van der Waals surface area contributed by atoms with Crippen LogP contribution in [0, 0.1) is 3.57 Å². The number of hydrogen-bond acceptors (Lipinski definition) is 3. The van der Waals surface area contributed by atoms with Crippen LogP contribution in [0.2, 0.25) is 0 Å². The van der Waals surface area contributed by atoms with Crippen molar-refractivity contribution in [1.29, 1.82) is 0 Å². The van der Waals surface area contributed by atoms with Gasteiger partial charge in [0.25, 0.3) is 0 Å². The van der Waals surface area contributed by atoms with Crippen molar-refractivity contribution < 1.29 is 9.53 Å². The number of rotatable bonds is 3. The Hall–Kier alpha value is -1.15. The fourth-order valence-corrected chi connectivity index (χ4v) is 2.71. The zero-order chi connectivity index (χ0) is 14.7. The van der Waals surface area contributed by atoms with Gasteiger partial charge in [0, 0.05) is 9.27 Å². The van der Waals surface area contributed by atoms with Crippen molar-refractivity contribution in [2.24, 2.45) is 0 Å². The van der Waals surface area contributed by atoms with E-state index < -0.39 is 0 Å². The Kier molecular flexibility index (Phi) is 4.98. The Bertz CT molecular complexity index is 569. The van der Waals surface area contributed by atoms with Crippen molar-refractivity contribution in [2.75, 3.05) is 6.61 Å². The SMILES string of the molecule is CCOC(=O)C1=C(C)NC(=S)NC1c1ccc(I)cc1. The number of carbonyl (C=O) groups excluding carboxylic acids is 1. The van der Waals surface area contributed by atoms with Crippen molar-refractivity contribution in [3.63, 3.8) is 0 Å². The van der Waals surface area contributed by atoms with E-state index in [1.807, 2.05) is 31.2 Å². The van der Waals surface area contributed by atoms with Crippen LogP contribution in [0.25, 0.3) is 0 Å². The quantitative estimate of drug-likeness (QED) is 0.463. The molecule has 1 atom stereocenters. The minimum atomic E-state index is -0.323. The van der Waals surface area contributed by atoms with Crippen LogP contribution in [-0.4, -0.2) is 17.7 Å². The maximum atomic E-state index is 12.2. The molecule has 0 bridgehead atoms. The number of esters is 1. The standard InChI is InChI=1S/C14H15IN2O2S/c1-3-19-13(18)11-8(2)16-14(20)17-12(11)9-4-6-10(15)7-5-9/h4-7,12H,3H2,1-2H3,(H2,16,17,20). The predicted octanol–water partition coefficient (Wildman–Crippen LogP) is 2.65. The fourth-order valence-electron chi connectivity index (χ4n) is 2.08. The second-order valence-electron chi connectivity index (χ2n) is 4.34. The molecular formula is C14H15IN2O2S. The highest BCUT2D eigenvalue weighted by Gasteiger charge is 2.30. The Balaban J connectivity index is 2.41. The van der Waals surface area contributed by atoms with Crippen LogP contribution >= 0.6 is 34.8 Å². The molecule has 4 nitrogen and oxygen atoms in total. The summed E-state index contributed by atoms with van der Waals surface area (Å²) in [4.78, 5) is 12.2. The molecule has 106 valence electrons. The second-order valence-corrected chi connectivity index (χ2v) is 6.00. The molecule has 1 unspecified atom stereocenters. The summed E-state index contributed by atoms with van der Waals surface area (Å²) < 4.78 is 6.28. The third-order valence-electron chi connectivity index (χ3n) is 2.97. The van der Waals surface area contributed by atoms with Gasteiger partial charge in [0.15, 0.2) is 5.11 Å². The summed E-state index contributed by atoms with van der Waals surface area (Å²) in [6.07, 6.45) is 0. The van der Waals surface area contributed by atoms with Crippen LogP contribution in [0.4, 0.5) is 0 Å². The van der Waals surface area contributed by atoms with Gasteiger partial charge in [-0.15, -0.1) is 0 Å². The first kappa shape index (κ1) is 15.2. The summed E-state index contributed by atoms with van der Waals surface area (Å²) in [6.45, 7) is 3.97. The van der Waals surface area contributed by atoms with E-state index in [1.54, 1.807) is 6.92 Å². The Morgan fingerprint density at radius 2 is 2.05 bits per heavy atom. The minimum absolute atomic E-state index is 0.278. The predicted molar refractivity (Wildman–Crippen MR) is 90.1 cm³/mol.